The SMILES string of the molecule is COc1cc(CNc2ccc(F)c(Cl)c2)cc(I)c1OCc1ccccc1Cl. The summed E-state index contributed by atoms with van der Waals surface area (Å²) in [4.78, 5) is 0. The molecule has 0 aliphatic heterocycles. The van der Waals surface area contributed by atoms with Crippen LogP contribution in [0.2, 0.25) is 10.0 Å². The Morgan fingerprint density at radius 3 is 2.54 bits per heavy atom. The van der Waals surface area contributed by atoms with E-state index in [0.29, 0.717) is 29.7 Å². The molecule has 0 spiro atoms. The highest BCUT2D eigenvalue weighted by atomic mass is 127. The normalized spacial score (nSPS) is 10.6. The van der Waals surface area contributed by atoms with Crippen LogP contribution in [0.1, 0.15) is 11.1 Å². The fraction of sp³-hybridized carbons (Fsp3) is 0.143. The third-order valence-corrected chi connectivity index (χ3v) is 5.49. The van der Waals surface area contributed by atoms with E-state index in [0.717, 1.165) is 20.4 Å². The van der Waals surface area contributed by atoms with Gasteiger partial charge >= 0.3 is 0 Å². The topological polar surface area (TPSA) is 30.5 Å². The van der Waals surface area contributed by atoms with E-state index in [2.05, 4.69) is 27.9 Å². The number of halogens is 4. The van der Waals surface area contributed by atoms with E-state index in [-0.39, 0.29) is 5.02 Å². The van der Waals surface area contributed by atoms with Crippen LogP contribution in [0.25, 0.3) is 0 Å². The molecule has 0 aliphatic carbocycles. The summed E-state index contributed by atoms with van der Waals surface area (Å²) in [5.74, 6) is 0.855. The van der Waals surface area contributed by atoms with Crippen molar-refractivity contribution in [3.05, 3.63) is 85.2 Å². The van der Waals surface area contributed by atoms with Crippen molar-refractivity contribution < 1.29 is 13.9 Å². The van der Waals surface area contributed by atoms with Crippen molar-refractivity contribution in [1.29, 1.82) is 0 Å². The molecule has 1 N–H and O–H groups in total. The Kier molecular flexibility index (Phi) is 7.26. The third kappa shape index (κ3) is 5.21. The summed E-state index contributed by atoms with van der Waals surface area (Å²) in [6.45, 7) is 0.872. The van der Waals surface area contributed by atoms with Gasteiger partial charge in [0.2, 0.25) is 0 Å². The largest absolute Gasteiger partial charge is 0.493 e. The maximum absolute atomic E-state index is 13.3. The van der Waals surface area contributed by atoms with Gasteiger partial charge in [0.25, 0.3) is 0 Å². The van der Waals surface area contributed by atoms with Crippen LogP contribution in [0.3, 0.4) is 0 Å². The number of hydrogen-bond donors (Lipinski definition) is 1. The molecule has 146 valence electrons. The smallest absolute Gasteiger partial charge is 0.174 e. The average Bonchev–Trinajstić information content (AvgIpc) is 2.68. The zero-order valence-electron chi connectivity index (χ0n) is 14.9. The predicted octanol–water partition coefficient (Wildman–Crippen LogP) is 6.94. The maximum Gasteiger partial charge on any atom is 0.174 e. The third-order valence-electron chi connectivity index (χ3n) is 4.04. The minimum Gasteiger partial charge on any atom is -0.493 e. The number of anilines is 1. The number of benzene rings is 3. The fourth-order valence-electron chi connectivity index (χ4n) is 2.59. The van der Waals surface area contributed by atoms with E-state index in [9.17, 15) is 4.39 Å². The molecule has 0 saturated carbocycles. The van der Waals surface area contributed by atoms with Crippen molar-refractivity contribution in [3.63, 3.8) is 0 Å². The number of nitrogens with one attached hydrogen (secondary N) is 1. The van der Waals surface area contributed by atoms with Crippen LogP contribution < -0.4 is 14.8 Å². The Morgan fingerprint density at radius 2 is 1.82 bits per heavy atom. The molecule has 0 bridgehead atoms. The second-order valence-electron chi connectivity index (χ2n) is 5.97. The van der Waals surface area contributed by atoms with Gasteiger partial charge < -0.3 is 14.8 Å². The molecule has 3 rings (SSSR count). The van der Waals surface area contributed by atoms with Gasteiger partial charge in [0.15, 0.2) is 11.5 Å². The molecule has 0 amide bonds. The number of ether oxygens (including phenoxy) is 2. The van der Waals surface area contributed by atoms with E-state index < -0.39 is 5.82 Å². The number of hydrogen-bond acceptors (Lipinski definition) is 3. The first-order valence-corrected chi connectivity index (χ1v) is 10.2. The molecular formula is C21H17Cl2FINO2. The first-order chi connectivity index (χ1) is 13.5. The number of rotatable bonds is 7. The molecule has 3 aromatic carbocycles. The van der Waals surface area contributed by atoms with E-state index >= 15 is 0 Å². The summed E-state index contributed by atoms with van der Waals surface area (Å²) in [5, 5.41) is 3.97. The molecule has 0 heterocycles. The van der Waals surface area contributed by atoms with Crippen LogP contribution in [-0.4, -0.2) is 7.11 Å². The minimum atomic E-state index is -0.441. The second-order valence-corrected chi connectivity index (χ2v) is 7.95. The van der Waals surface area contributed by atoms with Gasteiger partial charge in [-0.15, -0.1) is 0 Å². The van der Waals surface area contributed by atoms with Crippen LogP contribution in [0.4, 0.5) is 10.1 Å². The van der Waals surface area contributed by atoms with E-state index in [4.69, 9.17) is 32.7 Å². The van der Waals surface area contributed by atoms with Crippen LogP contribution >= 0.6 is 45.8 Å². The van der Waals surface area contributed by atoms with Crippen molar-refractivity contribution in [2.45, 2.75) is 13.2 Å². The van der Waals surface area contributed by atoms with Gasteiger partial charge in [0.1, 0.15) is 12.4 Å². The molecule has 0 radical (unpaired) electrons. The summed E-state index contributed by atoms with van der Waals surface area (Å²) in [6.07, 6.45) is 0. The van der Waals surface area contributed by atoms with Gasteiger partial charge in [-0.1, -0.05) is 41.4 Å². The van der Waals surface area contributed by atoms with Crippen LogP contribution in [0, 0.1) is 9.39 Å². The molecule has 3 aromatic rings. The lowest BCUT2D eigenvalue weighted by atomic mass is 10.2. The molecule has 0 atom stereocenters. The van der Waals surface area contributed by atoms with Gasteiger partial charge in [-0.05, 0) is 64.6 Å². The van der Waals surface area contributed by atoms with Gasteiger partial charge in [-0.25, -0.2) is 4.39 Å². The summed E-state index contributed by atoms with van der Waals surface area (Å²) in [7, 11) is 1.60. The quantitative estimate of drug-likeness (QED) is 0.335. The highest BCUT2D eigenvalue weighted by molar-refractivity contribution is 14.1. The summed E-state index contributed by atoms with van der Waals surface area (Å²) in [5.41, 5.74) is 2.63. The van der Waals surface area contributed by atoms with Gasteiger partial charge in [0, 0.05) is 22.8 Å². The molecule has 0 aliphatic rings. The monoisotopic (exact) mass is 531 g/mol. The molecule has 0 aromatic heterocycles. The lowest BCUT2D eigenvalue weighted by Crippen LogP contribution is -2.04. The van der Waals surface area contributed by atoms with Crippen LogP contribution in [0.15, 0.2) is 54.6 Å². The zero-order valence-corrected chi connectivity index (χ0v) is 18.6. The molecule has 0 unspecified atom stereocenters. The Bertz CT molecular complexity index is 985. The van der Waals surface area contributed by atoms with Crippen LogP contribution in [-0.2, 0) is 13.2 Å². The Morgan fingerprint density at radius 1 is 1.04 bits per heavy atom. The Hall–Kier alpha value is -1.70. The molecule has 7 heteroatoms. The van der Waals surface area contributed by atoms with E-state index in [1.165, 1.54) is 6.07 Å². The zero-order chi connectivity index (χ0) is 20.1. The Balaban J connectivity index is 1.73. The van der Waals surface area contributed by atoms with Crippen molar-refractivity contribution >= 4 is 51.5 Å². The molecule has 0 saturated heterocycles. The first kappa shape index (κ1) is 21.0. The van der Waals surface area contributed by atoms with Gasteiger partial charge in [-0.2, -0.15) is 0 Å². The average molecular weight is 532 g/mol. The number of methoxy groups -OCH3 is 1. The molecule has 28 heavy (non-hydrogen) atoms. The minimum absolute atomic E-state index is 0.0838. The molecule has 3 nitrogen and oxygen atoms in total. The lowest BCUT2D eigenvalue weighted by Gasteiger charge is -2.15. The van der Waals surface area contributed by atoms with Crippen molar-refractivity contribution in [2.24, 2.45) is 0 Å². The maximum atomic E-state index is 13.3. The first-order valence-electron chi connectivity index (χ1n) is 8.39. The van der Waals surface area contributed by atoms with E-state index in [1.807, 2.05) is 36.4 Å². The molecular weight excluding hydrogens is 515 g/mol. The van der Waals surface area contributed by atoms with Gasteiger partial charge in [-0.3, -0.25) is 0 Å². The van der Waals surface area contributed by atoms with Crippen molar-refractivity contribution in [3.8, 4) is 11.5 Å². The summed E-state index contributed by atoms with van der Waals surface area (Å²) in [6, 6.07) is 16.0. The lowest BCUT2D eigenvalue weighted by molar-refractivity contribution is 0.282. The standard InChI is InChI=1S/C21H17Cl2FINO2/c1-27-20-9-13(11-26-15-6-7-18(24)17(23)10-15)8-19(25)21(20)28-12-14-4-2-3-5-16(14)22/h2-10,26H,11-12H2,1H3. The molecule has 0 fully saturated rings. The van der Waals surface area contributed by atoms with Gasteiger partial charge in [0.05, 0.1) is 15.7 Å². The predicted molar refractivity (Wildman–Crippen MR) is 120 cm³/mol. The summed E-state index contributed by atoms with van der Waals surface area (Å²) < 4.78 is 25.7. The highest BCUT2D eigenvalue weighted by Crippen LogP contribution is 2.35. The van der Waals surface area contributed by atoms with Crippen LogP contribution in [0.5, 0.6) is 11.5 Å². The highest BCUT2D eigenvalue weighted by Gasteiger charge is 2.13. The second kappa shape index (κ2) is 9.67. The fourth-order valence-corrected chi connectivity index (χ4v) is 3.78. The summed E-state index contributed by atoms with van der Waals surface area (Å²) >= 11 is 14.2. The van der Waals surface area contributed by atoms with Crippen molar-refractivity contribution in [1.82, 2.24) is 0 Å². The van der Waals surface area contributed by atoms with Crippen molar-refractivity contribution in [2.75, 3.05) is 12.4 Å². The Labute approximate surface area is 186 Å². The van der Waals surface area contributed by atoms with E-state index in [1.54, 1.807) is 19.2 Å².